The Bertz CT molecular complexity index is 345. The summed E-state index contributed by atoms with van der Waals surface area (Å²) >= 11 is 0. The van der Waals surface area contributed by atoms with Gasteiger partial charge in [0.05, 0.1) is 25.9 Å². The van der Waals surface area contributed by atoms with Crippen LogP contribution in [0.15, 0.2) is 42.5 Å². The van der Waals surface area contributed by atoms with E-state index >= 15 is 0 Å². The molecular weight excluding hydrogens is 200 g/mol. The number of benzene rings is 1. The van der Waals surface area contributed by atoms with E-state index in [1.807, 2.05) is 18.2 Å². The molecule has 0 amide bonds. The Labute approximate surface area is 96.9 Å². The third kappa shape index (κ3) is 2.71. The van der Waals surface area contributed by atoms with Crippen LogP contribution in [0.3, 0.4) is 0 Å². The highest BCUT2D eigenvalue weighted by Crippen LogP contribution is 2.24. The molecule has 2 atom stereocenters. The van der Waals surface area contributed by atoms with Gasteiger partial charge in [0.1, 0.15) is 0 Å². The van der Waals surface area contributed by atoms with Crippen LogP contribution in [0.5, 0.6) is 0 Å². The van der Waals surface area contributed by atoms with Gasteiger partial charge in [-0.2, -0.15) is 0 Å². The van der Waals surface area contributed by atoms with Gasteiger partial charge in [0.2, 0.25) is 0 Å². The molecule has 0 N–H and O–H groups in total. The summed E-state index contributed by atoms with van der Waals surface area (Å²) < 4.78 is 11.2. The number of rotatable bonds is 4. The van der Waals surface area contributed by atoms with Crippen LogP contribution in [0.4, 0.5) is 0 Å². The third-order valence-electron chi connectivity index (χ3n) is 3.08. The number of ether oxygens (including phenoxy) is 2. The van der Waals surface area contributed by atoms with Crippen LogP contribution in [-0.2, 0) is 16.1 Å². The van der Waals surface area contributed by atoms with E-state index in [0.717, 1.165) is 0 Å². The molecule has 1 aromatic rings. The van der Waals surface area contributed by atoms with Gasteiger partial charge in [0.25, 0.3) is 0 Å². The fourth-order valence-electron chi connectivity index (χ4n) is 1.81. The van der Waals surface area contributed by atoms with Crippen LogP contribution < -0.4 is 0 Å². The summed E-state index contributed by atoms with van der Waals surface area (Å²) in [5, 5.41) is 0. The summed E-state index contributed by atoms with van der Waals surface area (Å²) in [4.78, 5) is 0. The third-order valence-corrected chi connectivity index (χ3v) is 3.08. The second-order valence-corrected chi connectivity index (χ2v) is 4.30. The summed E-state index contributed by atoms with van der Waals surface area (Å²) in [6, 6.07) is 10.2. The van der Waals surface area contributed by atoms with Crippen molar-refractivity contribution in [2.24, 2.45) is 5.92 Å². The standard InChI is InChI=1S/C14H18O2/c1-11-8-16-14(12(11)2)10-15-9-13-6-4-3-5-7-13/h3-7,12,14H,1,8-10H2,2H3/t12-,14+/m0/s1. The smallest absolute Gasteiger partial charge is 0.0876 e. The van der Waals surface area contributed by atoms with Gasteiger partial charge in [0, 0.05) is 5.92 Å². The van der Waals surface area contributed by atoms with Crippen molar-refractivity contribution in [2.45, 2.75) is 19.6 Å². The van der Waals surface area contributed by atoms with Crippen LogP contribution in [-0.4, -0.2) is 19.3 Å². The van der Waals surface area contributed by atoms with Gasteiger partial charge in [-0.25, -0.2) is 0 Å². The van der Waals surface area contributed by atoms with Crippen LogP contribution in [0.25, 0.3) is 0 Å². The first-order valence-corrected chi connectivity index (χ1v) is 5.68. The van der Waals surface area contributed by atoms with Gasteiger partial charge in [-0.3, -0.25) is 0 Å². The molecule has 1 saturated heterocycles. The predicted octanol–water partition coefficient (Wildman–Crippen LogP) is 2.79. The van der Waals surface area contributed by atoms with E-state index in [-0.39, 0.29) is 6.10 Å². The minimum atomic E-state index is 0.177. The molecule has 0 bridgehead atoms. The SMILES string of the molecule is C=C1CO[C@H](COCc2ccccc2)[C@H]1C. The molecule has 1 aromatic carbocycles. The quantitative estimate of drug-likeness (QED) is 0.723. The maximum atomic E-state index is 5.66. The van der Waals surface area contributed by atoms with Crippen molar-refractivity contribution in [2.75, 3.05) is 13.2 Å². The predicted molar refractivity (Wildman–Crippen MR) is 64.1 cm³/mol. The van der Waals surface area contributed by atoms with Gasteiger partial charge < -0.3 is 9.47 Å². The topological polar surface area (TPSA) is 18.5 Å². The zero-order valence-corrected chi connectivity index (χ0v) is 9.69. The minimum Gasteiger partial charge on any atom is -0.374 e. The highest BCUT2D eigenvalue weighted by Gasteiger charge is 2.27. The Kier molecular flexibility index (Phi) is 3.75. The highest BCUT2D eigenvalue weighted by atomic mass is 16.5. The number of hydrogen-bond acceptors (Lipinski definition) is 2. The van der Waals surface area contributed by atoms with E-state index in [4.69, 9.17) is 9.47 Å². The monoisotopic (exact) mass is 218 g/mol. The first kappa shape index (κ1) is 11.4. The fourth-order valence-corrected chi connectivity index (χ4v) is 1.81. The molecule has 0 saturated carbocycles. The van der Waals surface area contributed by atoms with Crippen LogP contribution in [0.1, 0.15) is 12.5 Å². The molecule has 0 spiro atoms. The first-order chi connectivity index (χ1) is 7.77. The van der Waals surface area contributed by atoms with E-state index in [0.29, 0.717) is 25.7 Å². The van der Waals surface area contributed by atoms with Crippen molar-refractivity contribution >= 4 is 0 Å². The molecule has 1 aliphatic rings. The van der Waals surface area contributed by atoms with E-state index in [1.54, 1.807) is 0 Å². The number of hydrogen-bond donors (Lipinski definition) is 0. The van der Waals surface area contributed by atoms with Crippen molar-refractivity contribution < 1.29 is 9.47 Å². The normalized spacial score (nSPS) is 24.9. The van der Waals surface area contributed by atoms with E-state index < -0.39 is 0 Å². The van der Waals surface area contributed by atoms with Crippen LogP contribution in [0, 0.1) is 5.92 Å². The molecule has 2 nitrogen and oxygen atoms in total. The molecule has 1 heterocycles. The lowest BCUT2D eigenvalue weighted by Crippen LogP contribution is -2.20. The lowest BCUT2D eigenvalue weighted by atomic mass is 10.0. The van der Waals surface area contributed by atoms with Gasteiger partial charge >= 0.3 is 0 Å². The van der Waals surface area contributed by atoms with Gasteiger partial charge in [-0.15, -0.1) is 0 Å². The second kappa shape index (κ2) is 5.28. The summed E-state index contributed by atoms with van der Waals surface area (Å²) in [6.07, 6.45) is 0.177. The summed E-state index contributed by atoms with van der Waals surface area (Å²) in [6.45, 7) is 8.10. The average molecular weight is 218 g/mol. The molecular formula is C14H18O2. The minimum absolute atomic E-state index is 0.177. The van der Waals surface area contributed by atoms with Crippen molar-refractivity contribution in [3.05, 3.63) is 48.0 Å². The highest BCUT2D eigenvalue weighted by molar-refractivity contribution is 5.13. The van der Waals surface area contributed by atoms with Crippen molar-refractivity contribution in [3.8, 4) is 0 Å². The molecule has 0 aromatic heterocycles. The molecule has 0 unspecified atom stereocenters. The Morgan fingerprint density at radius 1 is 1.38 bits per heavy atom. The lowest BCUT2D eigenvalue weighted by Gasteiger charge is -2.14. The maximum Gasteiger partial charge on any atom is 0.0876 e. The summed E-state index contributed by atoms with van der Waals surface area (Å²) in [7, 11) is 0. The summed E-state index contributed by atoms with van der Waals surface area (Å²) in [5.41, 5.74) is 2.38. The largest absolute Gasteiger partial charge is 0.374 e. The van der Waals surface area contributed by atoms with Crippen LogP contribution in [0.2, 0.25) is 0 Å². The molecule has 16 heavy (non-hydrogen) atoms. The maximum absolute atomic E-state index is 5.66. The molecule has 2 heteroatoms. The molecule has 1 aliphatic heterocycles. The van der Waals surface area contributed by atoms with Gasteiger partial charge in [-0.1, -0.05) is 43.8 Å². The van der Waals surface area contributed by atoms with Gasteiger partial charge in [-0.05, 0) is 11.1 Å². The Balaban J connectivity index is 1.75. The van der Waals surface area contributed by atoms with Crippen molar-refractivity contribution in [1.82, 2.24) is 0 Å². The Morgan fingerprint density at radius 3 is 2.75 bits per heavy atom. The molecule has 0 radical (unpaired) electrons. The zero-order valence-electron chi connectivity index (χ0n) is 9.69. The molecule has 0 aliphatic carbocycles. The van der Waals surface area contributed by atoms with Crippen molar-refractivity contribution in [1.29, 1.82) is 0 Å². The lowest BCUT2D eigenvalue weighted by molar-refractivity contribution is -0.00195. The van der Waals surface area contributed by atoms with E-state index in [9.17, 15) is 0 Å². The van der Waals surface area contributed by atoms with E-state index in [1.165, 1.54) is 11.1 Å². The second-order valence-electron chi connectivity index (χ2n) is 4.30. The molecule has 2 rings (SSSR count). The Morgan fingerprint density at radius 2 is 2.12 bits per heavy atom. The zero-order chi connectivity index (χ0) is 11.4. The first-order valence-electron chi connectivity index (χ1n) is 5.68. The summed E-state index contributed by atoms with van der Waals surface area (Å²) in [5.74, 6) is 0.413. The van der Waals surface area contributed by atoms with Crippen molar-refractivity contribution in [3.63, 3.8) is 0 Å². The average Bonchev–Trinajstić information content (AvgIpc) is 2.62. The van der Waals surface area contributed by atoms with Gasteiger partial charge in [0.15, 0.2) is 0 Å². The molecule has 86 valence electrons. The van der Waals surface area contributed by atoms with Crippen LogP contribution >= 0.6 is 0 Å². The Hall–Kier alpha value is -1.12. The fraction of sp³-hybridized carbons (Fsp3) is 0.429. The van der Waals surface area contributed by atoms with E-state index in [2.05, 4.69) is 25.6 Å². The molecule has 1 fully saturated rings.